The van der Waals surface area contributed by atoms with Crippen LogP contribution in [-0.4, -0.2) is 51.4 Å². The van der Waals surface area contributed by atoms with Crippen LogP contribution in [0.5, 0.6) is 0 Å². The lowest BCUT2D eigenvalue weighted by Crippen LogP contribution is -2.54. The Kier molecular flexibility index (Phi) is 13.8. The Morgan fingerprint density at radius 1 is 0.885 bits per heavy atom. The van der Waals surface area contributed by atoms with Gasteiger partial charge >= 0.3 is 17.9 Å². The highest BCUT2D eigenvalue weighted by atomic mass is 16.4. The zero-order chi connectivity index (χ0) is 21.0. The van der Waals surface area contributed by atoms with Crippen molar-refractivity contribution in [2.75, 3.05) is 0 Å². The molecule has 9 nitrogen and oxygen atoms in total. The first-order valence-corrected chi connectivity index (χ1v) is 8.80. The Morgan fingerprint density at radius 3 is 1.62 bits per heavy atom. The molecule has 0 aromatic rings. The average molecular weight is 377 g/mol. The number of carbonyl (C=O) groups is 3. The number of nitrogens with two attached hydrogens (primary N) is 1. The molecule has 0 aliphatic carbocycles. The van der Waals surface area contributed by atoms with Gasteiger partial charge in [-0.1, -0.05) is 48.0 Å². The normalized spacial score (nSPS) is 15.6. The summed E-state index contributed by atoms with van der Waals surface area (Å²) in [6.07, 6.45) is 1.25. The van der Waals surface area contributed by atoms with E-state index in [1.165, 1.54) is 0 Å². The fourth-order valence-corrected chi connectivity index (χ4v) is 1.89. The molecule has 0 heterocycles. The molecule has 0 spiro atoms. The molecule has 4 atom stereocenters. The maximum atomic E-state index is 10.9. The molecule has 0 aliphatic heterocycles. The lowest BCUT2D eigenvalue weighted by molar-refractivity contribution is -0.144. The smallest absolute Gasteiger partial charge is 0.322 e. The Hall–Kier alpha value is -1.71. The zero-order valence-corrected chi connectivity index (χ0v) is 16.5. The van der Waals surface area contributed by atoms with Gasteiger partial charge in [0.25, 0.3) is 0 Å². The van der Waals surface area contributed by atoms with Gasteiger partial charge in [0, 0.05) is 0 Å². The Morgan fingerprint density at radius 2 is 1.38 bits per heavy atom. The van der Waals surface area contributed by atoms with Crippen molar-refractivity contribution in [3.05, 3.63) is 0 Å². The Labute approximate surface area is 155 Å². The molecule has 0 rings (SSSR count). The minimum absolute atomic E-state index is 0.0718. The van der Waals surface area contributed by atoms with Gasteiger partial charge in [-0.2, -0.15) is 0 Å². The van der Waals surface area contributed by atoms with E-state index in [1.54, 1.807) is 13.8 Å². The molecule has 7 N–H and O–H groups in total. The van der Waals surface area contributed by atoms with E-state index >= 15 is 0 Å². The number of carboxylic acids is 3. The molecule has 0 fully saturated rings. The van der Waals surface area contributed by atoms with E-state index in [1.807, 2.05) is 27.7 Å². The van der Waals surface area contributed by atoms with Crippen molar-refractivity contribution in [2.24, 2.45) is 23.5 Å². The summed E-state index contributed by atoms with van der Waals surface area (Å²) in [5.41, 5.74) is 10.4. The lowest BCUT2D eigenvalue weighted by atomic mass is 10.0. The topological polar surface area (TPSA) is 162 Å². The molecule has 0 radical (unpaired) electrons. The first kappa shape index (κ1) is 26.5. The summed E-state index contributed by atoms with van der Waals surface area (Å²) < 4.78 is 0. The SMILES string of the molecule is CC(C)C[C@H](NN[C@H](C(=O)O)C(C)C)C(=O)O.CC[C@H](C)[C@H](N)C(=O)O. The van der Waals surface area contributed by atoms with Crippen LogP contribution in [0.4, 0.5) is 0 Å². The second kappa shape index (κ2) is 13.5. The molecule has 0 bridgehead atoms. The number of carboxylic acid groups (broad SMARTS) is 3. The fraction of sp³-hybridized carbons (Fsp3) is 0.824. The molecular weight excluding hydrogens is 342 g/mol. The molecule has 0 aromatic heterocycles. The number of hydrogen-bond donors (Lipinski definition) is 6. The maximum Gasteiger partial charge on any atom is 0.322 e. The Bertz CT molecular complexity index is 442. The second-order valence-electron chi connectivity index (χ2n) is 7.12. The van der Waals surface area contributed by atoms with Crippen LogP contribution in [0, 0.1) is 17.8 Å². The van der Waals surface area contributed by atoms with Crippen LogP contribution in [0.3, 0.4) is 0 Å². The van der Waals surface area contributed by atoms with Crippen molar-refractivity contribution in [2.45, 2.75) is 72.5 Å². The highest BCUT2D eigenvalue weighted by molar-refractivity contribution is 5.75. The molecule has 9 heteroatoms. The highest BCUT2D eigenvalue weighted by Gasteiger charge is 2.24. The van der Waals surface area contributed by atoms with Crippen LogP contribution in [0.25, 0.3) is 0 Å². The molecule has 0 saturated carbocycles. The molecule has 0 aliphatic rings. The number of nitrogens with one attached hydrogen (secondary N) is 2. The molecule has 26 heavy (non-hydrogen) atoms. The third-order valence-corrected chi connectivity index (χ3v) is 3.89. The number of hydrazine groups is 1. The van der Waals surface area contributed by atoms with Crippen LogP contribution in [-0.2, 0) is 14.4 Å². The minimum Gasteiger partial charge on any atom is -0.480 e. The van der Waals surface area contributed by atoms with Gasteiger partial charge in [0.2, 0.25) is 0 Å². The first-order chi connectivity index (χ1) is 11.8. The van der Waals surface area contributed by atoms with Crippen molar-refractivity contribution in [1.82, 2.24) is 10.9 Å². The monoisotopic (exact) mass is 377 g/mol. The third-order valence-electron chi connectivity index (χ3n) is 3.89. The fourth-order valence-electron chi connectivity index (χ4n) is 1.89. The number of hydrogen-bond acceptors (Lipinski definition) is 6. The molecule has 0 aromatic carbocycles. The van der Waals surface area contributed by atoms with E-state index in [4.69, 9.17) is 21.1 Å². The van der Waals surface area contributed by atoms with E-state index in [2.05, 4.69) is 10.9 Å². The standard InChI is InChI=1S/C11H22N2O4.C6H13NO2/c1-6(2)5-8(10(14)15)12-13-9(7(3)4)11(16)17;1-3-4(2)5(7)6(8)9/h6-9,12-13H,5H2,1-4H3,(H,14,15)(H,16,17);4-5H,3,7H2,1-2H3,(H,8,9)/t8-,9-;4-,5-/m00/s1. The zero-order valence-electron chi connectivity index (χ0n) is 16.5. The predicted octanol–water partition coefficient (Wildman–Crippen LogP) is 1.13. The lowest BCUT2D eigenvalue weighted by Gasteiger charge is -2.22. The van der Waals surface area contributed by atoms with Gasteiger partial charge in [-0.3, -0.25) is 14.4 Å². The molecule has 0 saturated heterocycles. The molecule has 154 valence electrons. The summed E-state index contributed by atoms with van der Waals surface area (Å²) in [6, 6.07) is -2.28. The van der Waals surface area contributed by atoms with Gasteiger partial charge < -0.3 is 21.1 Å². The average Bonchev–Trinajstić information content (AvgIpc) is 2.51. The van der Waals surface area contributed by atoms with E-state index in [0.717, 1.165) is 6.42 Å². The molecule has 0 unspecified atom stereocenters. The van der Waals surface area contributed by atoms with Crippen molar-refractivity contribution in [1.29, 1.82) is 0 Å². The number of aliphatic carboxylic acids is 3. The van der Waals surface area contributed by atoms with Crippen LogP contribution in [0.2, 0.25) is 0 Å². The summed E-state index contributed by atoms with van der Waals surface area (Å²) >= 11 is 0. The highest BCUT2D eigenvalue weighted by Crippen LogP contribution is 2.06. The van der Waals surface area contributed by atoms with Gasteiger partial charge in [0.1, 0.15) is 18.1 Å². The summed E-state index contributed by atoms with van der Waals surface area (Å²) in [5.74, 6) is -2.74. The van der Waals surface area contributed by atoms with E-state index in [9.17, 15) is 14.4 Å². The summed E-state index contributed by atoms with van der Waals surface area (Å²) in [4.78, 5) is 32.0. The van der Waals surface area contributed by atoms with Gasteiger partial charge in [-0.25, -0.2) is 10.9 Å². The van der Waals surface area contributed by atoms with E-state index in [-0.39, 0.29) is 17.8 Å². The van der Waals surface area contributed by atoms with Crippen molar-refractivity contribution in [3.8, 4) is 0 Å². The predicted molar refractivity (Wildman–Crippen MR) is 98.5 cm³/mol. The summed E-state index contributed by atoms with van der Waals surface area (Å²) in [5, 5.41) is 26.2. The van der Waals surface area contributed by atoms with Crippen molar-refractivity contribution < 1.29 is 29.7 Å². The van der Waals surface area contributed by atoms with Gasteiger partial charge in [-0.05, 0) is 24.2 Å². The minimum atomic E-state index is -0.999. The van der Waals surface area contributed by atoms with Crippen LogP contribution >= 0.6 is 0 Å². The van der Waals surface area contributed by atoms with Crippen LogP contribution in [0.15, 0.2) is 0 Å². The second-order valence-corrected chi connectivity index (χ2v) is 7.12. The largest absolute Gasteiger partial charge is 0.480 e. The molecule has 0 amide bonds. The van der Waals surface area contributed by atoms with Crippen LogP contribution in [0.1, 0.15) is 54.4 Å². The quantitative estimate of drug-likeness (QED) is 0.290. The van der Waals surface area contributed by atoms with Crippen LogP contribution < -0.4 is 16.6 Å². The summed E-state index contributed by atoms with van der Waals surface area (Å²) in [6.45, 7) is 11.1. The molecular formula is C17H35N3O6. The van der Waals surface area contributed by atoms with Gasteiger partial charge in [0.05, 0.1) is 0 Å². The maximum absolute atomic E-state index is 10.9. The van der Waals surface area contributed by atoms with Crippen molar-refractivity contribution in [3.63, 3.8) is 0 Å². The Balaban J connectivity index is 0. The first-order valence-electron chi connectivity index (χ1n) is 8.80. The third kappa shape index (κ3) is 11.8. The van der Waals surface area contributed by atoms with E-state index < -0.39 is 36.0 Å². The van der Waals surface area contributed by atoms with Crippen molar-refractivity contribution >= 4 is 17.9 Å². The van der Waals surface area contributed by atoms with Gasteiger partial charge in [-0.15, -0.1) is 0 Å². The number of rotatable bonds is 11. The van der Waals surface area contributed by atoms with Gasteiger partial charge in [0.15, 0.2) is 0 Å². The van der Waals surface area contributed by atoms with E-state index in [0.29, 0.717) is 6.42 Å². The summed E-state index contributed by atoms with van der Waals surface area (Å²) in [7, 11) is 0.